The van der Waals surface area contributed by atoms with Gasteiger partial charge in [-0.25, -0.2) is 0 Å². The van der Waals surface area contributed by atoms with Crippen LogP contribution in [0.4, 0.5) is 0 Å². The molecular weight excluding hydrogens is 128 g/mol. The van der Waals surface area contributed by atoms with Gasteiger partial charge in [0.15, 0.2) is 0 Å². The predicted octanol–water partition coefficient (Wildman–Crippen LogP) is 2.13. The Balaban J connectivity index is 2.84. The Morgan fingerprint density at radius 1 is 1.30 bits per heavy atom. The summed E-state index contributed by atoms with van der Waals surface area (Å²) in [4.78, 5) is 10.3. The van der Waals surface area contributed by atoms with Gasteiger partial charge in [-0.2, -0.15) is 0 Å². The van der Waals surface area contributed by atoms with Gasteiger partial charge in [0.2, 0.25) is 0 Å². The molecule has 0 bridgehead atoms. The van der Waals surface area contributed by atoms with Gasteiger partial charge >= 0.3 is 5.97 Å². The Morgan fingerprint density at radius 3 is 2.50 bits per heavy atom. The van der Waals surface area contributed by atoms with Crippen LogP contribution in [0.15, 0.2) is 0 Å². The second kappa shape index (κ2) is 6.59. The molecule has 0 aromatic carbocycles. The van der Waals surface area contributed by atoms with Crippen molar-refractivity contribution in [2.45, 2.75) is 39.5 Å². The standard InChI is InChI=1S/C8H16O2/c1-3-4-5-6-7-10-8(2)9/h3-7H2,1-2H3. The van der Waals surface area contributed by atoms with Gasteiger partial charge in [0.05, 0.1) is 6.61 Å². The lowest BCUT2D eigenvalue weighted by molar-refractivity contribution is -0.141. The fourth-order valence-corrected chi connectivity index (χ4v) is 0.745. The predicted molar refractivity (Wildman–Crippen MR) is 40.8 cm³/mol. The van der Waals surface area contributed by atoms with E-state index in [0.717, 1.165) is 6.42 Å². The van der Waals surface area contributed by atoms with Crippen LogP contribution in [0.3, 0.4) is 0 Å². The number of rotatable bonds is 5. The van der Waals surface area contributed by atoms with Gasteiger partial charge in [-0.05, 0) is 6.42 Å². The molecule has 0 radical (unpaired) electrons. The van der Waals surface area contributed by atoms with Crippen molar-refractivity contribution in [3.05, 3.63) is 0 Å². The summed E-state index contributed by atoms with van der Waals surface area (Å²) in [6.07, 6.45) is 4.64. The summed E-state index contributed by atoms with van der Waals surface area (Å²) in [6.45, 7) is 4.20. The molecule has 2 heteroatoms. The van der Waals surface area contributed by atoms with Crippen molar-refractivity contribution in [2.24, 2.45) is 0 Å². The lowest BCUT2D eigenvalue weighted by atomic mass is 10.2. The first-order valence-corrected chi connectivity index (χ1v) is 3.90. The van der Waals surface area contributed by atoms with Crippen LogP contribution in [-0.4, -0.2) is 12.6 Å². The van der Waals surface area contributed by atoms with Crippen LogP contribution in [-0.2, 0) is 9.53 Å². The molecule has 10 heavy (non-hydrogen) atoms. The molecule has 0 aliphatic rings. The zero-order valence-electron chi connectivity index (χ0n) is 6.85. The van der Waals surface area contributed by atoms with Crippen LogP contribution in [0.2, 0.25) is 0 Å². The first-order valence-electron chi connectivity index (χ1n) is 3.90. The minimum absolute atomic E-state index is 0.170. The first-order chi connectivity index (χ1) is 4.77. The number of esters is 1. The SMILES string of the molecule is CCCCCCOC(C)=O. The Kier molecular flexibility index (Phi) is 6.24. The molecule has 0 fully saturated rings. The first kappa shape index (κ1) is 9.47. The number of unbranched alkanes of at least 4 members (excludes halogenated alkanes) is 3. The molecule has 0 atom stereocenters. The number of carbonyl (C=O) groups is 1. The van der Waals surface area contributed by atoms with E-state index in [0.29, 0.717) is 6.61 Å². The zero-order valence-corrected chi connectivity index (χ0v) is 6.85. The molecule has 2 nitrogen and oxygen atoms in total. The topological polar surface area (TPSA) is 26.3 Å². The molecule has 0 aliphatic carbocycles. The third-order valence-electron chi connectivity index (χ3n) is 1.30. The Labute approximate surface area is 62.6 Å². The number of hydrogen-bond donors (Lipinski definition) is 0. The highest BCUT2D eigenvalue weighted by atomic mass is 16.5. The Bertz CT molecular complexity index is 89.3. The summed E-state index contributed by atoms with van der Waals surface area (Å²) < 4.78 is 4.75. The fraction of sp³-hybridized carbons (Fsp3) is 0.875. The van der Waals surface area contributed by atoms with Gasteiger partial charge in [-0.3, -0.25) is 4.79 Å². The molecule has 60 valence electrons. The zero-order chi connectivity index (χ0) is 7.82. The average Bonchev–Trinajstić information content (AvgIpc) is 1.87. The third-order valence-corrected chi connectivity index (χ3v) is 1.30. The van der Waals surface area contributed by atoms with Crippen LogP contribution in [0.1, 0.15) is 39.5 Å². The maximum Gasteiger partial charge on any atom is 0.302 e. The second-order valence-corrected chi connectivity index (χ2v) is 2.40. The Hall–Kier alpha value is -0.530. The van der Waals surface area contributed by atoms with Crippen LogP contribution >= 0.6 is 0 Å². The van der Waals surface area contributed by atoms with Crippen molar-refractivity contribution in [3.8, 4) is 0 Å². The summed E-state index contributed by atoms with van der Waals surface area (Å²) in [5.41, 5.74) is 0. The molecule has 0 heterocycles. The van der Waals surface area contributed by atoms with Gasteiger partial charge in [-0.15, -0.1) is 0 Å². The maximum absolute atomic E-state index is 10.3. The van der Waals surface area contributed by atoms with Crippen LogP contribution in [0, 0.1) is 0 Å². The van der Waals surface area contributed by atoms with Crippen LogP contribution in [0.5, 0.6) is 0 Å². The van der Waals surface area contributed by atoms with E-state index in [2.05, 4.69) is 6.92 Å². The quantitative estimate of drug-likeness (QED) is 0.436. The van der Waals surface area contributed by atoms with Crippen molar-refractivity contribution in [1.29, 1.82) is 0 Å². The van der Waals surface area contributed by atoms with Gasteiger partial charge < -0.3 is 4.74 Å². The highest BCUT2D eigenvalue weighted by molar-refractivity contribution is 5.65. The van der Waals surface area contributed by atoms with E-state index in [1.807, 2.05) is 0 Å². The molecule has 0 spiro atoms. The molecular formula is C8H16O2. The highest BCUT2D eigenvalue weighted by Crippen LogP contribution is 1.98. The molecule has 0 saturated carbocycles. The van der Waals surface area contributed by atoms with Crippen LogP contribution < -0.4 is 0 Å². The van der Waals surface area contributed by atoms with Crippen molar-refractivity contribution < 1.29 is 9.53 Å². The van der Waals surface area contributed by atoms with E-state index < -0.39 is 0 Å². The lowest BCUT2D eigenvalue weighted by Crippen LogP contribution is -1.99. The van der Waals surface area contributed by atoms with Crippen molar-refractivity contribution in [3.63, 3.8) is 0 Å². The van der Waals surface area contributed by atoms with E-state index in [-0.39, 0.29) is 5.97 Å². The lowest BCUT2D eigenvalue weighted by Gasteiger charge is -1.99. The smallest absolute Gasteiger partial charge is 0.302 e. The van der Waals surface area contributed by atoms with Gasteiger partial charge in [0.25, 0.3) is 0 Å². The largest absolute Gasteiger partial charge is 0.466 e. The monoisotopic (exact) mass is 144 g/mol. The average molecular weight is 144 g/mol. The van der Waals surface area contributed by atoms with E-state index in [1.54, 1.807) is 0 Å². The summed E-state index contributed by atoms with van der Waals surface area (Å²) >= 11 is 0. The normalized spacial score (nSPS) is 9.40. The van der Waals surface area contributed by atoms with Crippen molar-refractivity contribution >= 4 is 5.97 Å². The number of ether oxygens (including phenoxy) is 1. The molecule has 0 rings (SSSR count). The molecule has 0 aliphatic heterocycles. The number of carbonyl (C=O) groups excluding carboxylic acids is 1. The van der Waals surface area contributed by atoms with Gasteiger partial charge in [0, 0.05) is 6.92 Å². The van der Waals surface area contributed by atoms with Crippen LogP contribution in [0.25, 0.3) is 0 Å². The highest BCUT2D eigenvalue weighted by Gasteiger charge is 1.91. The minimum Gasteiger partial charge on any atom is -0.466 e. The molecule has 0 N–H and O–H groups in total. The van der Waals surface area contributed by atoms with E-state index in [1.165, 1.54) is 26.2 Å². The minimum atomic E-state index is -0.170. The summed E-state index contributed by atoms with van der Waals surface area (Å²) in [5.74, 6) is -0.170. The molecule has 0 amide bonds. The van der Waals surface area contributed by atoms with Crippen molar-refractivity contribution in [1.82, 2.24) is 0 Å². The van der Waals surface area contributed by atoms with E-state index in [4.69, 9.17) is 4.74 Å². The molecule has 0 aromatic rings. The molecule has 0 saturated heterocycles. The third kappa shape index (κ3) is 7.47. The fourth-order valence-electron chi connectivity index (χ4n) is 0.745. The number of hydrogen-bond acceptors (Lipinski definition) is 2. The maximum atomic E-state index is 10.3. The summed E-state index contributed by atoms with van der Waals surface area (Å²) in [5, 5.41) is 0. The van der Waals surface area contributed by atoms with Gasteiger partial charge in [-0.1, -0.05) is 26.2 Å². The van der Waals surface area contributed by atoms with E-state index in [9.17, 15) is 4.79 Å². The second-order valence-electron chi connectivity index (χ2n) is 2.40. The Morgan fingerprint density at radius 2 is 2.00 bits per heavy atom. The molecule has 0 unspecified atom stereocenters. The summed E-state index contributed by atoms with van der Waals surface area (Å²) in [7, 11) is 0. The van der Waals surface area contributed by atoms with Crippen molar-refractivity contribution in [2.75, 3.05) is 6.61 Å². The molecule has 0 aromatic heterocycles. The van der Waals surface area contributed by atoms with E-state index >= 15 is 0 Å². The van der Waals surface area contributed by atoms with Gasteiger partial charge in [0.1, 0.15) is 0 Å². The summed E-state index contributed by atoms with van der Waals surface area (Å²) in [6, 6.07) is 0.